The van der Waals surface area contributed by atoms with Crippen molar-refractivity contribution in [1.29, 1.82) is 0 Å². The van der Waals surface area contributed by atoms with E-state index < -0.39 is 0 Å². The molecule has 0 amide bonds. The van der Waals surface area contributed by atoms with Crippen molar-refractivity contribution in [2.24, 2.45) is 5.73 Å². The van der Waals surface area contributed by atoms with Crippen LogP contribution in [0.25, 0.3) is 39.5 Å². The largest absolute Gasteiger partial charge is 0.383 e. The minimum atomic E-state index is 0.427. The van der Waals surface area contributed by atoms with Gasteiger partial charge in [-0.1, -0.05) is 70.2 Å². The summed E-state index contributed by atoms with van der Waals surface area (Å²) < 4.78 is 2.02. The Kier molecular flexibility index (Phi) is 8.48. The molecule has 34 heavy (non-hydrogen) atoms. The number of nitrogen functional groups attached to an aromatic ring is 1. The van der Waals surface area contributed by atoms with Crippen LogP contribution < -0.4 is 11.5 Å². The molecule has 0 saturated heterocycles. The Hall–Kier alpha value is -4.03. The number of nitrogens with zero attached hydrogens (tertiary/aromatic N) is 4. The number of imidazole rings is 1. The number of nitrogens with two attached hydrogens (primary N) is 2. The van der Waals surface area contributed by atoms with Crippen molar-refractivity contribution in [3.63, 3.8) is 0 Å². The van der Waals surface area contributed by atoms with Gasteiger partial charge >= 0.3 is 0 Å². The smallest absolute Gasteiger partial charge is 0.165 e. The predicted molar refractivity (Wildman–Crippen MR) is 143 cm³/mol. The first-order valence-corrected chi connectivity index (χ1v) is 11.7. The molecule has 3 aromatic heterocycles. The topological polar surface area (TPSA) is 95.6 Å². The highest BCUT2D eigenvalue weighted by Gasteiger charge is 2.18. The molecule has 0 bridgehead atoms. The van der Waals surface area contributed by atoms with Crippen molar-refractivity contribution >= 4 is 17.0 Å². The minimum absolute atomic E-state index is 0.427. The molecule has 0 fully saturated rings. The molecule has 0 unspecified atom stereocenters. The summed E-state index contributed by atoms with van der Waals surface area (Å²) in [5, 5.41) is 0. The van der Waals surface area contributed by atoms with Gasteiger partial charge in [-0.2, -0.15) is 0 Å². The summed E-state index contributed by atoms with van der Waals surface area (Å²) in [7, 11) is 0. The maximum absolute atomic E-state index is 6.19. The molecule has 3 heterocycles. The number of hydrogen-bond acceptors (Lipinski definition) is 5. The van der Waals surface area contributed by atoms with E-state index in [4.69, 9.17) is 21.4 Å². The van der Waals surface area contributed by atoms with E-state index in [0.29, 0.717) is 18.2 Å². The summed E-state index contributed by atoms with van der Waals surface area (Å²) in [5.41, 5.74) is 18.2. The lowest BCUT2D eigenvalue weighted by molar-refractivity contribution is 1.05. The van der Waals surface area contributed by atoms with Crippen LogP contribution in [-0.2, 0) is 6.54 Å². The number of pyridine rings is 2. The second-order valence-electron chi connectivity index (χ2n) is 6.98. The number of rotatable bonds is 4. The normalized spacial score (nSPS) is 10.1. The molecular formula is C28H32N6. The van der Waals surface area contributed by atoms with Crippen molar-refractivity contribution < 1.29 is 0 Å². The van der Waals surface area contributed by atoms with Gasteiger partial charge in [-0.3, -0.25) is 4.57 Å². The maximum Gasteiger partial charge on any atom is 0.165 e. The van der Waals surface area contributed by atoms with Crippen molar-refractivity contribution in [3.8, 4) is 28.3 Å². The summed E-state index contributed by atoms with van der Waals surface area (Å²) in [6.07, 6.45) is 1.67. The monoisotopic (exact) mass is 452 g/mol. The Labute approximate surface area is 201 Å². The molecule has 5 aromatic rings. The van der Waals surface area contributed by atoms with Crippen LogP contribution in [0.5, 0.6) is 0 Å². The summed E-state index contributed by atoms with van der Waals surface area (Å²) in [6.45, 7) is 8.49. The van der Waals surface area contributed by atoms with Crippen molar-refractivity contribution in [2.75, 3.05) is 5.73 Å². The van der Waals surface area contributed by atoms with Gasteiger partial charge < -0.3 is 11.5 Å². The summed E-state index contributed by atoms with van der Waals surface area (Å²) in [6, 6.07) is 25.9. The van der Waals surface area contributed by atoms with E-state index >= 15 is 0 Å². The number of anilines is 1. The predicted octanol–water partition coefficient (Wildman–Crippen LogP) is 6.24. The second-order valence-corrected chi connectivity index (χ2v) is 6.98. The molecule has 0 aliphatic rings. The molecule has 6 heteroatoms. The van der Waals surface area contributed by atoms with Gasteiger partial charge in [-0.25, -0.2) is 15.0 Å². The van der Waals surface area contributed by atoms with Crippen LogP contribution in [0.2, 0.25) is 0 Å². The van der Waals surface area contributed by atoms with E-state index in [9.17, 15) is 0 Å². The molecule has 0 atom stereocenters. The zero-order valence-electron chi connectivity index (χ0n) is 20.2. The maximum atomic E-state index is 6.19. The van der Waals surface area contributed by atoms with E-state index in [1.54, 1.807) is 6.20 Å². The highest BCUT2D eigenvalue weighted by atomic mass is 15.1. The van der Waals surface area contributed by atoms with Crippen LogP contribution in [0, 0.1) is 0 Å². The molecule has 0 radical (unpaired) electrons. The van der Waals surface area contributed by atoms with E-state index in [2.05, 4.69) is 4.98 Å². The SMILES string of the molecule is CC.CC.NCc1ccc(-n2c(-c3cccnc3N)nc3ccc(-c4ccccc4)nc32)cc1. The summed E-state index contributed by atoms with van der Waals surface area (Å²) >= 11 is 0. The molecule has 0 aliphatic heterocycles. The van der Waals surface area contributed by atoms with Gasteiger partial charge in [-0.05, 0) is 42.0 Å². The third kappa shape index (κ3) is 4.97. The lowest BCUT2D eigenvalue weighted by Crippen LogP contribution is -2.03. The quantitative estimate of drug-likeness (QED) is 0.336. The lowest BCUT2D eigenvalue weighted by atomic mass is 10.1. The van der Waals surface area contributed by atoms with E-state index in [1.165, 1.54) is 0 Å². The fraction of sp³-hybridized carbons (Fsp3) is 0.179. The van der Waals surface area contributed by atoms with Gasteiger partial charge in [0, 0.05) is 24.0 Å². The van der Waals surface area contributed by atoms with Gasteiger partial charge in [0.25, 0.3) is 0 Å². The minimum Gasteiger partial charge on any atom is -0.383 e. The molecule has 0 spiro atoms. The Morgan fingerprint density at radius 1 is 0.765 bits per heavy atom. The fourth-order valence-electron chi connectivity index (χ4n) is 3.54. The Bertz CT molecular complexity index is 1320. The van der Waals surface area contributed by atoms with Crippen LogP contribution >= 0.6 is 0 Å². The average molecular weight is 453 g/mol. The van der Waals surface area contributed by atoms with Crippen molar-refractivity contribution in [2.45, 2.75) is 34.2 Å². The van der Waals surface area contributed by atoms with Gasteiger partial charge in [0.15, 0.2) is 11.5 Å². The Morgan fingerprint density at radius 2 is 1.47 bits per heavy atom. The second kappa shape index (κ2) is 11.7. The van der Waals surface area contributed by atoms with Crippen LogP contribution in [0.15, 0.2) is 85.1 Å². The van der Waals surface area contributed by atoms with Gasteiger partial charge in [0.05, 0.1) is 11.3 Å². The number of fused-ring (bicyclic) bond motifs is 1. The van der Waals surface area contributed by atoms with Crippen molar-refractivity contribution in [1.82, 2.24) is 19.5 Å². The number of benzene rings is 2. The zero-order chi connectivity index (χ0) is 24.5. The summed E-state index contributed by atoms with van der Waals surface area (Å²) in [5.74, 6) is 1.13. The first kappa shape index (κ1) is 24.6. The zero-order valence-corrected chi connectivity index (χ0v) is 20.2. The average Bonchev–Trinajstić information content (AvgIpc) is 3.30. The highest BCUT2D eigenvalue weighted by Crippen LogP contribution is 2.31. The third-order valence-corrected chi connectivity index (χ3v) is 5.08. The van der Waals surface area contributed by atoms with E-state index in [-0.39, 0.29) is 0 Å². The summed E-state index contributed by atoms with van der Waals surface area (Å²) in [4.78, 5) is 14.0. The van der Waals surface area contributed by atoms with E-state index in [0.717, 1.165) is 39.2 Å². The van der Waals surface area contributed by atoms with Crippen LogP contribution in [-0.4, -0.2) is 19.5 Å². The first-order valence-electron chi connectivity index (χ1n) is 11.7. The molecule has 174 valence electrons. The molecular weight excluding hydrogens is 420 g/mol. The van der Waals surface area contributed by atoms with Gasteiger partial charge in [-0.15, -0.1) is 0 Å². The van der Waals surface area contributed by atoms with E-state index in [1.807, 2.05) is 111 Å². The molecule has 0 aliphatic carbocycles. The lowest BCUT2D eigenvalue weighted by Gasteiger charge is -2.11. The van der Waals surface area contributed by atoms with Crippen molar-refractivity contribution in [3.05, 3.63) is 90.6 Å². The highest BCUT2D eigenvalue weighted by molar-refractivity contribution is 5.84. The number of aromatic nitrogens is 4. The van der Waals surface area contributed by atoms with Gasteiger partial charge in [0.1, 0.15) is 11.3 Å². The standard InChI is InChI=1S/C24H20N6.2C2H6/c25-15-16-8-10-18(11-9-16)30-23(19-7-4-14-27-22(19)26)29-21-13-12-20(28-24(21)30)17-5-2-1-3-6-17;2*1-2/h1-14H,15,25H2,(H2,26,27);2*1-2H3. The Morgan fingerprint density at radius 3 is 2.12 bits per heavy atom. The van der Waals surface area contributed by atoms with Crippen LogP contribution in [0.3, 0.4) is 0 Å². The molecule has 5 rings (SSSR count). The molecule has 6 nitrogen and oxygen atoms in total. The fourth-order valence-corrected chi connectivity index (χ4v) is 3.54. The van der Waals surface area contributed by atoms with Gasteiger partial charge in [0.2, 0.25) is 0 Å². The molecule has 4 N–H and O–H groups in total. The molecule has 0 saturated carbocycles. The van der Waals surface area contributed by atoms with Crippen LogP contribution in [0.4, 0.5) is 5.82 Å². The Balaban J connectivity index is 0.000000771. The third-order valence-electron chi connectivity index (χ3n) is 5.08. The molecule has 2 aromatic carbocycles. The first-order chi connectivity index (χ1) is 16.7. The number of hydrogen-bond donors (Lipinski definition) is 2. The van der Waals surface area contributed by atoms with Crippen LogP contribution in [0.1, 0.15) is 33.3 Å².